The van der Waals surface area contributed by atoms with Crippen molar-refractivity contribution in [1.82, 2.24) is 4.98 Å². The van der Waals surface area contributed by atoms with Crippen LogP contribution < -0.4 is 0 Å². The van der Waals surface area contributed by atoms with Crippen LogP contribution in [0.1, 0.15) is 23.2 Å². The molecular weight excluding hydrogens is 286 g/mol. The molecule has 0 N–H and O–H groups in total. The summed E-state index contributed by atoms with van der Waals surface area (Å²) in [5, 5.41) is 0. The van der Waals surface area contributed by atoms with Crippen molar-refractivity contribution in [1.29, 1.82) is 0 Å². The van der Waals surface area contributed by atoms with E-state index in [1.54, 1.807) is 18.3 Å². The van der Waals surface area contributed by atoms with E-state index < -0.39 is 0 Å². The van der Waals surface area contributed by atoms with Gasteiger partial charge in [-0.1, -0.05) is 0 Å². The Kier molecular flexibility index (Phi) is 4.50. The van der Waals surface area contributed by atoms with Crippen LogP contribution in [0, 0.1) is 5.92 Å². The van der Waals surface area contributed by atoms with Gasteiger partial charge in [-0.15, -0.1) is 0 Å². The maximum Gasteiger partial charge on any atom is 0.338 e. The van der Waals surface area contributed by atoms with Gasteiger partial charge in [0.15, 0.2) is 0 Å². The molecule has 2 rings (SSSR count). The number of hydrogen-bond donors (Lipinski definition) is 0. The number of halogens is 1. The Hall–Kier alpha value is -0.940. The van der Waals surface area contributed by atoms with Crippen LogP contribution in [0.2, 0.25) is 0 Å². The number of aromatic nitrogens is 1. The molecule has 1 aromatic rings. The quantitative estimate of drug-likeness (QED) is 0.635. The molecule has 92 valence electrons. The highest BCUT2D eigenvalue weighted by molar-refractivity contribution is 9.10. The molecule has 17 heavy (non-hydrogen) atoms. The van der Waals surface area contributed by atoms with E-state index in [0.29, 0.717) is 22.7 Å². The van der Waals surface area contributed by atoms with E-state index in [4.69, 9.17) is 9.47 Å². The third-order valence-corrected chi connectivity index (χ3v) is 3.19. The van der Waals surface area contributed by atoms with Crippen molar-refractivity contribution in [3.63, 3.8) is 0 Å². The second-order valence-electron chi connectivity index (χ2n) is 4.02. The lowest BCUT2D eigenvalue weighted by Gasteiger charge is -2.21. The molecule has 1 saturated heterocycles. The Bertz CT molecular complexity index is 391. The van der Waals surface area contributed by atoms with E-state index in [1.165, 1.54) is 0 Å². The first kappa shape index (κ1) is 12.5. The average Bonchev–Trinajstić information content (AvgIpc) is 2.37. The van der Waals surface area contributed by atoms with Crippen molar-refractivity contribution in [3.8, 4) is 0 Å². The number of esters is 1. The van der Waals surface area contributed by atoms with Crippen molar-refractivity contribution in [3.05, 3.63) is 28.5 Å². The monoisotopic (exact) mass is 299 g/mol. The highest BCUT2D eigenvalue weighted by atomic mass is 79.9. The van der Waals surface area contributed by atoms with Gasteiger partial charge < -0.3 is 9.47 Å². The number of ether oxygens (including phenoxy) is 2. The maximum atomic E-state index is 11.7. The van der Waals surface area contributed by atoms with Gasteiger partial charge in [0.05, 0.1) is 12.2 Å². The molecular formula is C12H14BrNO3. The molecule has 0 amide bonds. The number of carbonyl (C=O) groups excluding carboxylic acids is 1. The lowest BCUT2D eigenvalue weighted by molar-refractivity contribution is 0.0185. The molecule has 4 nitrogen and oxygen atoms in total. The van der Waals surface area contributed by atoms with Crippen LogP contribution in [0.5, 0.6) is 0 Å². The summed E-state index contributed by atoms with van der Waals surface area (Å²) in [5.74, 6) is 0.137. The van der Waals surface area contributed by atoms with Crippen LogP contribution in [0.4, 0.5) is 0 Å². The number of rotatable bonds is 3. The fraction of sp³-hybridized carbons (Fsp3) is 0.500. The van der Waals surface area contributed by atoms with Gasteiger partial charge in [0.2, 0.25) is 0 Å². The van der Waals surface area contributed by atoms with E-state index in [-0.39, 0.29) is 5.97 Å². The SMILES string of the molecule is O=C(OCC1CCOCC1)c1ccnc(Br)c1. The van der Waals surface area contributed by atoms with E-state index >= 15 is 0 Å². The molecule has 0 spiro atoms. The molecule has 0 bridgehead atoms. The van der Waals surface area contributed by atoms with E-state index in [1.807, 2.05) is 0 Å². The minimum Gasteiger partial charge on any atom is -0.462 e. The molecule has 0 unspecified atom stereocenters. The van der Waals surface area contributed by atoms with Crippen molar-refractivity contribution in [2.45, 2.75) is 12.8 Å². The Balaban J connectivity index is 1.84. The van der Waals surface area contributed by atoms with E-state index in [2.05, 4.69) is 20.9 Å². The summed E-state index contributed by atoms with van der Waals surface area (Å²) in [5.41, 5.74) is 0.527. The third-order valence-electron chi connectivity index (χ3n) is 2.75. The molecule has 0 radical (unpaired) electrons. The van der Waals surface area contributed by atoms with Crippen LogP contribution in [0.15, 0.2) is 22.9 Å². The number of nitrogens with zero attached hydrogens (tertiary/aromatic N) is 1. The highest BCUT2D eigenvalue weighted by Gasteiger charge is 2.16. The lowest BCUT2D eigenvalue weighted by Crippen LogP contribution is -2.21. The van der Waals surface area contributed by atoms with Crippen LogP contribution in [0.3, 0.4) is 0 Å². The molecule has 5 heteroatoms. The molecule has 1 aliphatic heterocycles. The third kappa shape index (κ3) is 3.78. The fourth-order valence-corrected chi connectivity index (χ4v) is 2.08. The predicted octanol–water partition coefficient (Wildman–Crippen LogP) is 2.43. The lowest BCUT2D eigenvalue weighted by atomic mass is 10.0. The van der Waals surface area contributed by atoms with Crippen molar-refractivity contribution < 1.29 is 14.3 Å². The van der Waals surface area contributed by atoms with E-state index in [0.717, 1.165) is 26.1 Å². The van der Waals surface area contributed by atoms with Crippen LogP contribution in [-0.2, 0) is 9.47 Å². The molecule has 0 saturated carbocycles. The topological polar surface area (TPSA) is 48.4 Å². The first-order chi connectivity index (χ1) is 8.25. The van der Waals surface area contributed by atoms with Gasteiger partial charge in [-0.3, -0.25) is 0 Å². The van der Waals surface area contributed by atoms with Gasteiger partial charge >= 0.3 is 5.97 Å². The first-order valence-corrected chi connectivity index (χ1v) is 6.41. The summed E-state index contributed by atoms with van der Waals surface area (Å²) in [6.07, 6.45) is 3.51. The zero-order chi connectivity index (χ0) is 12.1. The summed E-state index contributed by atoms with van der Waals surface area (Å²) in [6.45, 7) is 2.01. The molecule has 1 aromatic heterocycles. The Morgan fingerprint density at radius 2 is 2.29 bits per heavy atom. The standard InChI is InChI=1S/C12H14BrNO3/c13-11-7-10(1-4-14-11)12(15)17-8-9-2-5-16-6-3-9/h1,4,7,9H,2-3,5-6,8H2. The summed E-state index contributed by atoms with van der Waals surface area (Å²) in [7, 11) is 0. The van der Waals surface area contributed by atoms with Crippen molar-refractivity contribution in [2.75, 3.05) is 19.8 Å². The van der Waals surface area contributed by atoms with Gasteiger partial charge in [0, 0.05) is 19.4 Å². The zero-order valence-corrected chi connectivity index (χ0v) is 11.0. The second kappa shape index (κ2) is 6.12. The predicted molar refractivity (Wildman–Crippen MR) is 65.8 cm³/mol. The molecule has 2 heterocycles. The summed E-state index contributed by atoms with van der Waals surface area (Å²) < 4.78 is 11.2. The average molecular weight is 300 g/mol. The van der Waals surface area contributed by atoms with Crippen LogP contribution in [-0.4, -0.2) is 30.8 Å². The minimum atomic E-state index is -0.292. The molecule has 1 fully saturated rings. The Labute approximate surface area is 108 Å². The van der Waals surface area contributed by atoms with E-state index in [9.17, 15) is 4.79 Å². The molecule has 0 aromatic carbocycles. The number of hydrogen-bond acceptors (Lipinski definition) is 4. The maximum absolute atomic E-state index is 11.7. The van der Waals surface area contributed by atoms with Crippen LogP contribution in [0.25, 0.3) is 0 Å². The van der Waals surface area contributed by atoms with Gasteiger partial charge in [-0.05, 0) is 46.8 Å². The summed E-state index contributed by atoms with van der Waals surface area (Å²) in [4.78, 5) is 15.7. The summed E-state index contributed by atoms with van der Waals surface area (Å²) >= 11 is 3.22. The van der Waals surface area contributed by atoms with Gasteiger partial charge in [0.25, 0.3) is 0 Å². The number of pyridine rings is 1. The van der Waals surface area contributed by atoms with Crippen molar-refractivity contribution in [2.24, 2.45) is 5.92 Å². The molecule has 0 atom stereocenters. The fourth-order valence-electron chi connectivity index (χ4n) is 1.72. The Morgan fingerprint density at radius 1 is 1.53 bits per heavy atom. The smallest absolute Gasteiger partial charge is 0.338 e. The van der Waals surface area contributed by atoms with Gasteiger partial charge in [-0.2, -0.15) is 0 Å². The largest absolute Gasteiger partial charge is 0.462 e. The first-order valence-electron chi connectivity index (χ1n) is 5.62. The molecule has 0 aliphatic carbocycles. The molecule has 1 aliphatic rings. The normalized spacial score (nSPS) is 16.8. The van der Waals surface area contributed by atoms with Gasteiger partial charge in [-0.25, -0.2) is 9.78 Å². The highest BCUT2D eigenvalue weighted by Crippen LogP contribution is 2.16. The minimum absolute atomic E-state index is 0.292. The Morgan fingerprint density at radius 3 is 3.00 bits per heavy atom. The summed E-state index contributed by atoms with van der Waals surface area (Å²) in [6, 6.07) is 3.31. The number of carbonyl (C=O) groups is 1. The second-order valence-corrected chi connectivity index (χ2v) is 4.83. The van der Waals surface area contributed by atoms with Gasteiger partial charge in [0.1, 0.15) is 4.60 Å². The van der Waals surface area contributed by atoms with Crippen LogP contribution >= 0.6 is 15.9 Å². The zero-order valence-electron chi connectivity index (χ0n) is 9.39. The van der Waals surface area contributed by atoms with Crippen molar-refractivity contribution >= 4 is 21.9 Å².